The van der Waals surface area contributed by atoms with E-state index in [1.807, 2.05) is 0 Å². The Bertz CT molecular complexity index is 566. The summed E-state index contributed by atoms with van der Waals surface area (Å²) in [6.07, 6.45) is 5.00. The fourth-order valence-corrected chi connectivity index (χ4v) is 5.47. The Hall–Kier alpha value is -0.600. The standard InChI is InChI=1S/C13H20N2O4S2/c16-21(17)6-4-10(9-21)7-12-14-15-13(19-12)20-8-11-3-1-2-5-18-11/h10-11H,1-9H2/t10-,11-/m0/s1. The summed E-state index contributed by atoms with van der Waals surface area (Å²) in [5.74, 6) is 2.03. The molecule has 6 nitrogen and oxygen atoms in total. The monoisotopic (exact) mass is 332 g/mol. The molecule has 0 radical (unpaired) electrons. The molecule has 0 saturated carbocycles. The molecule has 1 aromatic heterocycles. The lowest BCUT2D eigenvalue weighted by Crippen LogP contribution is -2.21. The first kappa shape index (κ1) is 15.3. The van der Waals surface area contributed by atoms with Gasteiger partial charge in [0.25, 0.3) is 5.22 Å². The minimum absolute atomic E-state index is 0.120. The maximum atomic E-state index is 11.4. The molecule has 2 saturated heterocycles. The van der Waals surface area contributed by atoms with Crippen LogP contribution in [0.5, 0.6) is 0 Å². The van der Waals surface area contributed by atoms with Crippen molar-refractivity contribution in [3.8, 4) is 0 Å². The van der Waals surface area contributed by atoms with Crippen LogP contribution in [0.2, 0.25) is 0 Å². The van der Waals surface area contributed by atoms with Crippen LogP contribution < -0.4 is 0 Å². The van der Waals surface area contributed by atoms with Crippen molar-refractivity contribution < 1.29 is 17.6 Å². The van der Waals surface area contributed by atoms with Crippen LogP contribution in [0.3, 0.4) is 0 Å². The van der Waals surface area contributed by atoms with Gasteiger partial charge in [0.15, 0.2) is 9.84 Å². The van der Waals surface area contributed by atoms with E-state index in [4.69, 9.17) is 9.15 Å². The number of thioether (sulfide) groups is 1. The van der Waals surface area contributed by atoms with Gasteiger partial charge in [-0.05, 0) is 31.6 Å². The maximum Gasteiger partial charge on any atom is 0.276 e. The van der Waals surface area contributed by atoms with Gasteiger partial charge >= 0.3 is 0 Å². The smallest absolute Gasteiger partial charge is 0.276 e. The van der Waals surface area contributed by atoms with Crippen LogP contribution in [-0.2, 0) is 21.0 Å². The Balaban J connectivity index is 1.47. The predicted octanol–water partition coefficient (Wildman–Crippen LogP) is 1.71. The third kappa shape index (κ3) is 4.43. The maximum absolute atomic E-state index is 11.4. The fourth-order valence-electron chi connectivity index (χ4n) is 2.76. The minimum atomic E-state index is -2.85. The largest absolute Gasteiger partial charge is 0.416 e. The summed E-state index contributed by atoms with van der Waals surface area (Å²) < 4.78 is 34.1. The number of hydrogen-bond donors (Lipinski definition) is 0. The van der Waals surface area contributed by atoms with E-state index in [0.29, 0.717) is 24.0 Å². The van der Waals surface area contributed by atoms with E-state index in [2.05, 4.69) is 10.2 Å². The lowest BCUT2D eigenvalue weighted by atomic mass is 10.1. The quantitative estimate of drug-likeness (QED) is 0.759. The second-order valence-corrected chi connectivity index (χ2v) is 8.93. The summed E-state index contributed by atoms with van der Waals surface area (Å²) >= 11 is 1.52. The third-order valence-corrected chi connectivity index (χ3v) is 6.69. The Morgan fingerprint density at radius 1 is 1.24 bits per heavy atom. The molecule has 0 spiro atoms. The molecule has 0 N–H and O–H groups in total. The molecule has 0 aliphatic carbocycles. The predicted molar refractivity (Wildman–Crippen MR) is 79.1 cm³/mol. The summed E-state index contributed by atoms with van der Waals surface area (Å²) in [5.41, 5.74) is 0. The van der Waals surface area contributed by atoms with Crippen LogP contribution in [-0.4, -0.2) is 48.6 Å². The van der Waals surface area contributed by atoms with Crippen LogP contribution in [0, 0.1) is 5.92 Å². The average Bonchev–Trinajstić information content (AvgIpc) is 3.04. The van der Waals surface area contributed by atoms with E-state index in [1.54, 1.807) is 0 Å². The highest BCUT2D eigenvalue weighted by Gasteiger charge is 2.29. The minimum Gasteiger partial charge on any atom is -0.416 e. The molecule has 21 heavy (non-hydrogen) atoms. The highest BCUT2D eigenvalue weighted by molar-refractivity contribution is 7.99. The number of rotatable bonds is 5. The van der Waals surface area contributed by atoms with Gasteiger partial charge in [0.1, 0.15) is 0 Å². The van der Waals surface area contributed by atoms with Gasteiger partial charge in [-0.3, -0.25) is 0 Å². The molecule has 2 aliphatic heterocycles. The third-order valence-electron chi connectivity index (χ3n) is 3.91. The average molecular weight is 332 g/mol. The number of ether oxygens (including phenoxy) is 1. The summed E-state index contributed by atoms with van der Waals surface area (Å²) in [6.45, 7) is 0.844. The molecule has 2 fully saturated rings. The first-order valence-electron chi connectivity index (χ1n) is 7.38. The van der Waals surface area contributed by atoms with Gasteiger partial charge in [0.05, 0.1) is 17.6 Å². The zero-order chi connectivity index (χ0) is 14.7. The van der Waals surface area contributed by atoms with Gasteiger partial charge in [-0.2, -0.15) is 0 Å². The van der Waals surface area contributed by atoms with Gasteiger partial charge in [-0.1, -0.05) is 11.8 Å². The summed E-state index contributed by atoms with van der Waals surface area (Å²) in [6, 6.07) is 0. The van der Waals surface area contributed by atoms with Crippen LogP contribution in [0.25, 0.3) is 0 Å². The fraction of sp³-hybridized carbons (Fsp3) is 0.846. The van der Waals surface area contributed by atoms with Crippen LogP contribution >= 0.6 is 11.8 Å². The summed E-state index contributed by atoms with van der Waals surface area (Å²) in [7, 11) is -2.85. The van der Waals surface area contributed by atoms with Crippen LogP contribution in [0.4, 0.5) is 0 Å². The van der Waals surface area contributed by atoms with Gasteiger partial charge in [0.2, 0.25) is 5.89 Å². The van der Waals surface area contributed by atoms with Crippen LogP contribution in [0.15, 0.2) is 9.64 Å². The molecule has 1 aromatic rings. The topological polar surface area (TPSA) is 82.3 Å². The number of hydrogen-bond acceptors (Lipinski definition) is 7. The Kier molecular flexibility index (Phi) is 4.85. The van der Waals surface area contributed by atoms with E-state index < -0.39 is 9.84 Å². The molecule has 2 atom stereocenters. The molecule has 0 aromatic carbocycles. The normalized spacial score (nSPS) is 28.8. The van der Waals surface area contributed by atoms with E-state index in [0.717, 1.165) is 25.2 Å². The van der Waals surface area contributed by atoms with Gasteiger partial charge in [-0.25, -0.2) is 8.42 Å². The molecule has 3 heterocycles. The van der Waals surface area contributed by atoms with Gasteiger partial charge in [-0.15, -0.1) is 10.2 Å². The Morgan fingerprint density at radius 2 is 2.14 bits per heavy atom. The molecule has 3 rings (SSSR count). The first-order chi connectivity index (χ1) is 10.1. The Morgan fingerprint density at radius 3 is 2.86 bits per heavy atom. The molecular formula is C13H20N2O4S2. The van der Waals surface area contributed by atoms with Crippen molar-refractivity contribution in [1.29, 1.82) is 0 Å². The van der Waals surface area contributed by atoms with Crippen molar-refractivity contribution in [3.05, 3.63) is 5.89 Å². The van der Waals surface area contributed by atoms with Gasteiger partial charge in [0, 0.05) is 18.8 Å². The van der Waals surface area contributed by atoms with Crippen molar-refractivity contribution in [3.63, 3.8) is 0 Å². The Labute approximate surface area is 128 Å². The highest BCUT2D eigenvalue weighted by atomic mass is 32.2. The second kappa shape index (κ2) is 6.66. The second-order valence-electron chi connectivity index (χ2n) is 5.73. The SMILES string of the molecule is O=S1(=O)CC[C@@H](Cc2nnc(SC[C@@H]3CCCCO3)o2)C1. The van der Waals surface area contributed by atoms with Crippen LogP contribution in [0.1, 0.15) is 31.6 Å². The van der Waals surface area contributed by atoms with Crippen molar-refractivity contribution in [2.75, 3.05) is 23.9 Å². The molecule has 118 valence electrons. The van der Waals surface area contributed by atoms with E-state index >= 15 is 0 Å². The first-order valence-corrected chi connectivity index (χ1v) is 10.2. The molecule has 0 bridgehead atoms. The zero-order valence-corrected chi connectivity index (χ0v) is 13.5. The van der Waals surface area contributed by atoms with Gasteiger partial charge < -0.3 is 9.15 Å². The van der Waals surface area contributed by atoms with E-state index in [9.17, 15) is 8.42 Å². The molecule has 0 amide bonds. The molecule has 2 aliphatic rings. The lowest BCUT2D eigenvalue weighted by Gasteiger charge is -2.21. The number of nitrogens with zero attached hydrogens (tertiary/aromatic N) is 2. The van der Waals surface area contributed by atoms with E-state index in [-0.39, 0.29) is 23.5 Å². The number of aromatic nitrogens is 2. The molecule has 8 heteroatoms. The molecule has 0 unspecified atom stereocenters. The van der Waals surface area contributed by atoms with Crippen molar-refractivity contribution in [2.45, 2.75) is 43.4 Å². The van der Waals surface area contributed by atoms with E-state index in [1.165, 1.54) is 18.2 Å². The lowest BCUT2D eigenvalue weighted by molar-refractivity contribution is 0.0314. The highest BCUT2D eigenvalue weighted by Crippen LogP contribution is 2.25. The summed E-state index contributed by atoms with van der Waals surface area (Å²) in [4.78, 5) is 0. The summed E-state index contributed by atoms with van der Waals surface area (Å²) in [5, 5.41) is 8.59. The zero-order valence-electron chi connectivity index (χ0n) is 11.9. The van der Waals surface area contributed by atoms with Crippen molar-refractivity contribution in [1.82, 2.24) is 10.2 Å². The number of sulfone groups is 1. The van der Waals surface area contributed by atoms with Crippen molar-refractivity contribution in [2.24, 2.45) is 5.92 Å². The molecular weight excluding hydrogens is 312 g/mol. The van der Waals surface area contributed by atoms with Crippen molar-refractivity contribution >= 4 is 21.6 Å².